The number of nitrogens with zero attached hydrogens (tertiary/aromatic N) is 3. The van der Waals surface area contributed by atoms with Gasteiger partial charge in [0.15, 0.2) is 0 Å². The van der Waals surface area contributed by atoms with Crippen LogP contribution in [0.5, 0.6) is 0 Å². The number of aromatic nitrogens is 2. The topological polar surface area (TPSA) is 84.4 Å². The van der Waals surface area contributed by atoms with Crippen molar-refractivity contribution in [3.8, 4) is 0 Å². The largest absolute Gasteiger partial charge is 0.385 e. The minimum Gasteiger partial charge on any atom is -0.385 e. The van der Waals surface area contributed by atoms with Gasteiger partial charge in [0.25, 0.3) is 5.91 Å². The molecule has 7 nitrogen and oxygen atoms in total. The van der Waals surface area contributed by atoms with E-state index in [1.165, 1.54) is 29.4 Å². The first-order valence-electron chi connectivity index (χ1n) is 8.62. The number of hydrogen-bond acceptors (Lipinski definition) is 5. The molecule has 0 aliphatic heterocycles. The lowest BCUT2D eigenvalue weighted by atomic mass is 10.2. The van der Waals surface area contributed by atoms with Gasteiger partial charge in [0.2, 0.25) is 5.91 Å². The van der Waals surface area contributed by atoms with Crippen molar-refractivity contribution in [1.29, 1.82) is 0 Å². The lowest BCUT2D eigenvalue weighted by Crippen LogP contribution is -2.35. The average Bonchev–Trinajstić information content (AvgIpc) is 2.66. The molecule has 0 bridgehead atoms. The summed E-state index contributed by atoms with van der Waals surface area (Å²) in [5.74, 6) is -1.19. The van der Waals surface area contributed by atoms with Crippen LogP contribution in [0.4, 0.5) is 10.1 Å². The Bertz CT molecular complexity index is 768. The zero-order valence-electron chi connectivity index (χ0n) is 15.4. The third-order valence-electron chi connectivity index (χ3n) is 3.82. The number of anilines is 1. The number of halogens is 1. The maximum absolute atomic E-state index is 13.6. The fourth-order valence-corrected chi connectivity index (χ4v) is 2.39. The molecule has 27 heavy (non-hydrogen) atoms. The molecule has 0 saturated heterocycles. The summed E-state index contributed by atoms with van der Waals surface area (Å²) < 4.78 is 18.7. The minimum atomic E-state index is -0.506. The molecule has 1 aromatic carbocycles. The number of carbonyl (C=O) groups is 2. The molecule has 2 aromatic rings. The third-order valence-corrected chi connectivity index (χ3v) is 3.82. The maximum Gasteiger partial charge on any atom is 0.274 e. The number of aryl methyl sites for hydroxylation is 1. The van der Waals surface area contributed by atoms with Gasteiger partial charge in [-0.25, -0.2) is 9.37 Å². The molecule has 0 fully saturated rings. The summed E-state index contributed by atoms with van der Waals surface area (Å²) in [5, 5.41) is 2.51. The van der Waals surface area contributed by atoms with Gasteiger partial charge in [-0.2, -0.15) is 0 Å². The van der Waals surface area contributed by atoms with E-state index < -0.39 is 5.82 Å². The van der Waals surface area contributed by atoms with Gasteiger partial charge < -0.3 is 15.0 Å². The van der Waals surface area contributed by atoms with Crippen molar-refractivity contribution < 1.29 is 18.7 Å². The van der Waals surface area contributed by atoms with Gasteiger partial charge in [-0.3, -0.25) is 14.6 Å². The fraction of sp³-hybridized carbons (Fsp3) is 0.368. The molecule has 0 aliphatic carbocycles. The highest BCUT2D eigenvalue weighted by Crippen LogP contribution is 2.13. The average molecular weight is 374 g/mol. The predicted molar refractivity (Wildman–Crippen MR) is 98.8 cm³/mol. The molecule has 0 spiro atoms. The van der Waals surface area contributed by atoms with Crippen molar-refractivity contribution in [2.45, 2.75) is 19.8 Å². The highest BCUT2D eigenvalue weighted by molar-refractivity contribution is 5.93. The first-order chi connectivity index (χ1) is 13.0. The van der Waals surface area contributed by atoms with E-state index >= 15 is 0 Å². The van der Waals surface area contributed by atoms with Gasteiger partial charge in [-0.1, -0.05) is 12.1 Å². The van der Waals surface area contributed by atoms with Crippen molar-refractivity contribution in [3.05, 3.63) is 53.9 Å². The lowest BCUT2D eigenvalue weighted by Gasteiger charge is -2.22. The van der Waals surface area contributed by atoms with E-state index in [1.54, 1.807) is 26.2 Å². The number of amides is 2. The molecule has 0 unspecified atom stereocenters. The molecule has 8 heteroatoms. The van der Waals surface area contributed by atoms with E-state index in [0.717, 1.165) is 0 Å². The first kappa shape index (κ1) is 20.4. The Hall–Kier alpha value is -2.87. The molecule has 1 heterocycles. The molecule has 0 saturated carbocycles. The zero-order valence-corrected chi connectivity index (χ0v) is 15.4. The minimum absolute atomic E-state index is 0.0341. The molecule has 2 amide bonds. The van der Waals surface area contributed by atoms with Crippen molar-refractivity contribution in [2.75, 3.05) is 32.1 Å². The molecular formula is C19H23FN4O3. The second-order valence-electron chi connectivity index (χ2n) is 5.96. The highest BCUT2D eigenvalue weighted by Gasteiger charge is 2.18. The molecular weight excluding hydrogens is 351 g/mol. The number of methoxy groups -OCH3 is 1. The van der Waals surface area contributed by atoms with Crippen LogP contribution in [-0.2, 0) is 9.53 Å². The van der Waals surface area contributed by atoms with Gasteiger partial charge >= 0.3 is 0 Å². The Kier molecular flexibility index (Phi) is 7.81. The first-order valence-corrected chi connectivity index (χ1v) is 8.62. The standard InChI is InChI=1S/C19H23FN4O3/c1-14-12-22-17(13-21-14)19(26)24(9-5-11-27-2)10-8-18(25)23-16-7-4-3-6-15(16)20/h3-4,6-7,12-13H,5,8-11H2,1-2H3,(H,23,25). The number of benzene rings is 1. The molecule has 2 rings (SSSR count). The Morgan fingerprint density at radius 3 is 2.63 bits per heavy atom. The number of ether oxygens (including phenoxy) is 1. The van der Waals surface area contributed by atoms with Crippen LogP contribution in [0.15, 0.2) is 36.7 Å². The van der Waals surface area contributed by atoms with Gasteiger partial charge in [0, 0.05) is 39.4 Å². The highest BCUT2D eigenvalue weighted by atomic mass is 19.1. The predicted octanol–water partition coefficient (Wildman–Crippen LogP) is 2.43. The van der Waals surface area contributed by atoms with Crippen LogP contribution >= 0.6 is 0 Å². The Morgan fingerprint density at radius 1 is 1.19 bits per heavy atom. The van der Waals surface area contributed by atoms with Crippen molar-refractivity contribution in [2.24, 2.45) is 0 Å². The lowest BCUT2D eigenvalue weighted by molar-refractivity contribution is -0.116. The zero-order chi connectivity index (χ0) is 19.6. The van der Waals surface area contributed by atoms with Crippen molar-refractivity contribution in [3.63, 3.8) is 0 Å². The molecule has 0 aliphatic rings. The van der Waals surface area contributed by atoms with Gasteiger partial charge in [0.05, 0.1) is 17.6 Å². The van der Waals surface area contributed by atoms with Crippen LogP contribution in [0.2, 0.25) is 0 Å². The van der Waals surface area contributed by atoms with Crippen LogP contribution in [0.25, 0.3) is 0 Å². The van der Waals surface area contributed by atoms with Gasteiger partial charge in [0.1, 0.15) is 11.5 Å². The molecule has 144 valence electrons. The summed E-state index contributed by atoms with van der Waals surface area (Å²) in [5.41, 5.74) is 1.04. The van der Waals surface area contributed by atoms with E-state index in [0.29, 0.717) is 25.3 Å². The van der Waals surface area contributed by atoms with E-state index in [-0.39, 0.29) is 36.2 Å². The molecule has 0 atom stereocenters. The maximum atomic E-state index is 13.6. The van der Waals surface area contributed by atoms with Gasteiger partial charge in [-0.05, 0) is 25.5 Å². The van der Waals surface area contributed by atoms with E-state index in [1.807, 2.05) is 0 Å². The monoisotopic (exact) mass is 374 g/mol. The summed E-state index contributed by atoms with van der Waals surface area (Å²) in [4.78, 5) is 34.5. The Morgan fingerprint density at radius 2 is 1.96 bits per heavy atom. The van der Waals surface area contributed by atoms with Crippen LogP contribution in [0.1, 0.15) is 29.0 Å². The van der Waals surface area contributed by atoms with Crippen LogP contribution in [-0.4, -0.2) is 53.5 Å². The second-order valence-corrected chi connectivity index (χ2v) is 5.96. The van der Waals surface area contributed by atoms with Gasteiger partial charge in [-0.15, -0.1) is 0 Å². The van der Waals surface area contributed by atoms with Crippen molar-refractivity contribution in [1.82, 2.24) is 14.9 Å². The number of para-hydroxylation sites is 1. The Labute approximate surface area is 157 Å². The number of hydrogen-bond donors (Lipinski definition) is 1. The summed E-state index contributed by atoms with van der Waals surface area (Å²) in [6.45, 7) is 2.86. The van der Waals surface area contributed by atoms with Crippen LogP contribution in [0, 0.1) is 12.7 Å². The van der Waals surface area contributed by atoms with Crippen molar-refractivity contribution >= 4 is 17.5 Å². The Balaban J connectivity index is 1.98. The number of rotatable bonds is 9. The summed E-state index contributed by atoms with van der Waals surface area (Å²) in [6.07, 6.45) is 3.59. The van der Waals surface area contributed by atoms with E-state index in [2.05, 4.69) is 15.3 Å². The third kappa shape index (κ3) is 6.41. The van der Waals surface area contributed by atoms with Crippen LogP contribution < -0.4 is 5.32 Å². The summed E-state index contributed by atoms with van der Waals surface area (Å²) in [6, 6.07) is 5.93. The molecule has 0 radical (unpaired) electrons. The molecule has 1 aromatic heterocycles. The van der Waals surface area contributed by atoms with Crippen LogP contribution in [0.3, 0.4) is 0 Å². The number of carbonyl (C=O) groups excluding carboxylic acids is 2. The summed E-state index contributed by atoms with van der Waals surface area (Å²) >= 11 is 0. The van der Waals surface area contributed by atoms with E-state index in [9.17, 15) is 14.0 Å². The molecule has 1 N–H and O–H groups in total. The smallest absolute Gasteiger partial charge is 0.274 e. The quantitative estimate of drug-likeness (QED) is 0.682. The number of nitrogens with one attached hydrogen (secondary N) is 1. The normalized spacial score (nSPS) is 10.5. The summed E-state index contributed by atoms with van der Waals surface area (Å²) in [7, 11) is 1.58. The SMILES string of the molecule is COCCCN(CCC(=O)Nc1ccccc1F)C(=O)c1cnc(C)cn1. The van der Waals surface area contributed by atoms with E-state index in [4.69, 9.17) is 4.74 Å². The second kappa shape index (κ2) is 10.3. The fourth-order valence-electron chi connectivity index (χ4n) is 2.39.